The van der Waals surface area contributed by atoms with Crippen LogP contribution in [0.1, 0.15) is 11.1 Å². The lowest BCUT2D eigenvalue weighted by Crippen LogP contribution is -2.14. The molecule has 10 heteroatoms. The maximum Gasteiger partial charge on any atom is 0.416 e. The lowest BCUT2D eigenvalue weighted by atomic mass is 10.0. The van der Waals surface area contributed by atoms with Crippen LogP contribution in [0.15, 0.2) is 36.7 Å². The molecule has 0 radical (unpaired) electrons. The van der Waals surface area contributed by atoms with Crippen LogP contribution in [0, 0.1) is 11.3 Å². The first kappa shape index (κ1) is 17.8. The monoisotopic (exact) mass is 373 g/mol. The molecule has 0 saturated heterocycles. The summed E-state index contributed by atoms with van der Waals surface area (Å²) in [5.74, 6) is 0. The van der Waals surface area contributed by atoms with E-state index in [9.17, 15) is 13.2 Å². The van der Waals surface area contributed by atoms with E-state index in [0.29, 0.717) is 0 Å². The molecule has 0 bridgehead atoms. The maximum atomic E-state index is 13.2. The van der Waals surface area contributed by atoms with E-state index in [1.807, 2.05) is 6.07 Å². The summed E-state index contributed by atoms with van der Waals surface area (Å²) >= 11 is 12.1. The van der Waals surface area contributed by atoms with Crippen LogP contribution in [0.25, 0.3) is 11.2 Å². The number of nitrogens with zero attached hydrogens (tertiary/aromatic N) is 4. The molecule has 0 aliphatic rings. The second-order valence-electron chi connectivity index (χ2n) is 4.42. The highest BCUT2D eigenvalue weighted by Gasteiger charge is 2.37. The van der Waals surface area contributed by atoms with E-state index in [1.54, 1.807) is 0 Å². The van der Waals surface area contributed by atoms with Crippen LogP contribution in [0.5, 0.6) is 0 Å². The predicted octanol–water partition coefficient (Wildman–Crippen LogP) is 3.88. The minimum Gasteiger partial charge on any atom is -0.405 e. The van der Waals surface area contributed by atoms with Gasteiger partial charge in [-0.2, -0.15) is 23.5 Å². The van der Waals surface area contributed by atoms with Crippen molar-refractivity contribution in [1.29, 1.82) is 5.26 Å². The first-order valence-electron chi connectivity index (χ1n) is 6.20. The van der Waals surface area contributed by atoms with E-state index in [4.69, 9.17) is 34.2 Å². The minimum absolute atomic E-state index is 0.0310. The summed E-state index contributed by atoms with van der Waals surface area (Å²) in [5, 5.41) is 12.2. The molecule has 2 rings (SSSR count). The van der Waals surface area contributed by atoms with E-state index in [-0.39, 0.29) is 27.1 Å². The number of nitrogens with two attached hydrogens (primary N) is 1. The Morgan fingerprint density at radius 2 is 2.08 bits per heavy atom. The van der Waals surface area contributed by atoms with Crippen molar-refractivity contribution in [2.24, 2.45) is 5.73 Å². The zero-order chi connectivity index (χ0) is 18.1. The van der Waals surface area contributed by atoms with E-state index in [2.05, 4.69) is 16.7 Å². The van der Waals surface area contributed by atoms with Gasteiger partial charge in [0.15, 0.2) is 5.65 Å². The lowest BCUT2D eigenvalue weighted by Gasteiger charge is -2.16. The summed E-state index contributed by atoms with van der Waals surface area (Å²) in [6.07, 6.45) is -0.863. The zero-order valence-corrected chi connectivity index (χ0v) is 13.3. The normalized spacial score (nSPS) is 12.8. The van der Waals surface area contributed by atoms with Crippen LogP contribution in [-0.2, 0) is 0 Å². The Morgan fingerprint density at radius 3 is 2.62 bits per heavy atom. The molecule has 0 aliphatic carbocycles. The third kappa shape index (κ3) is 3.09. The van der Waals surface area contributed by atoms with Crippen molar-refractivity contribution in [3.63, 3.8) is 0 Å². The average Bonchev–Trinajstić information content (AvgIpc) is 2.89. The van der Waals surface area contributed by atoms with Crippen LogP contribution in [0.4, 0.5) is 13.2 Å². The van der Waals surface area contributed by atoms with Gasteiger partial charge in [-0.3, -0.25) is 0 Å². The number of nitriles is 1. The SMILES string of the molecule is C=C(/C(=C\C=C/N)C(F)(F)F)c1c(Cl)nc2c(C#N)cnn2c1Cl. The van der Waals surface area contributed by atoms with Gasteiger partial charge in [-0.05, 0) is 23.9 Å². The fraction of sp³-hybridized carbons (Fsp3) is 0.0714. The van der Waals surface area contributed by atoms with Crippen LogP contribution in [0.3, 0.4) is 0 Å². The topological polar surface area (TPSA) is 80.0 Å². The van der Waals surface area contributed by atoms with Crippen molar-refractivity contribution >= 4 is 34.4 Å². The minimum atomic E-state index is -4.72. The quantitative estimate of drug-likeness (QED) is 0.653. The molecule has 0 aliphatic heterocycles. The third-order valence-corrected chi connectivity index (χ3v) is 3.60. The molecule has 0 spiro atoms. The number of aromatic nitrogens is 3. The Kier molecular flexibility index (Phi) is 4.87. The molecule has 0 fully saturated rings. The smallest absolute Gasteiger partial charge is 0.405 e. The molecule has 0 atom stereocenters. The van der Waals surface area contributed by atoms with E-state index in [0.717, 1.165) is 22.9 Å². The van der Waals surface area contributed by atoms with Gasteiger partial charge in [-0.15, -0.1) is 0 Å². The highest BCUT2D eigenvalue weighted by Crippen LogP contribution is 2.40. The molecule has 0 aromatic carbocycles. The molecular weight excluding hydrogens is 366 g/mol. The molecule has 124 valence electrons. The van der Waals surface area contributed by atoms with Crippen molar-refractivity contribution in [3.05, 3.63) is 58.1 Å². The Hall–Kier alpha value is -2.50. The Morgan fingerprint density at radius 1 is 1.42 bits per heavy atom. The lowest BCUT2D eigenvalue weighted by molar-refractivity contribution is -0.0870. The molecule has 0 amide bonds. The van der Waals surface area contributed by atoms with Gasteiger partial charge in [-0.25, -0.2) is 9.50 Å². The fourth-order valence-electron chi connectivity index (χ4n) is 1.91. The number of allylic oxidation sites excluding steroid dienone is 4. The Bertz CT molecular complexity index is 919. The largest absolute Gasteiger partial charge is 0.416 e. The summed E-state index contributed by atoms with van der Waals surface area (Å²) < 4.78 is 40.7. The molecule has 2 aromatic heterocycles. The summed E-state index contributed by atoms with van der Waals surface area (Å²) in [4.78, 5) is 3.89. The van der Waals surface area contributed by atoms with Crippen molar-refractivity contribution < 1.29 is 13.2 Å². The number of hydrogen-bond acceptors (Lipinski definition) is 4. The van der Waals surface area contributed by atoms with Gasteiger partial charge in [0.1, 0.15) is 21.9 Å². The highest BCUT2D eigenvalue weighted by atomic mass is 35.5. The summed E-state index contributed by atoms with van der Waals surface area (Å²) in [6.45, 7) is 3.42. The van der Waals surface area contributed by atoms with E-state index < -0.39 is 17.3 Å². The van der Waals surface area contributed by atoms with Crippen LogP contribution >= 0.6 is 23.2 Å². The molecule has 24 heavy (non-hydrogen) atoms. The van der Waals surface area contributed by atoms with Crippen molar-refractivity contribution in [2.45, 2.75) is 6.18 Å². The maximum absolute atomic E-state index is 13.2. The van der Waals surface area contributed by atoms with Crippen molar-refractivity contribution in [2.75, 3.05) is 0 Å². The Labute approximate surface area is 144 Å². The van der Waals surface area contributed by atoms with E-state index in [1.165, 1.54) is 6.20 Å². The second kappa shape index (κ2) is 6.55. The van der Waals surface area contributed by atoms with Gasteiger partial charge in [0.25, 0.3) is 0 Å². The second-order valence-corrected chi connectivity index (χ2v) is 5.13. The Balaban J connectivity index is 2.72. The van der Waals surface area contributed by atoms with Crippen LogP contribution in [0.2, 0.25) is 10.3 Å². The third-order valence-electron chi connectivity index (χ3n) is 2.97. The molecule has 5 nitrogen and oxygen atoms in total. The van der Waals surface area contributed by atoms with Gasteiger partial charge in [0.2, 0.25) is 0 Å². The number of rotatable bonds is 3. The van der Waals surface area contributed by atoms with E-state index >= 15 is 0 Å². The first-order chi connectivity index (χ1) is 11.2. The van der Waals surface area contributed by atoms with Gasteiger partial charge in [-0.1, -0.05) is 29.8 Å². The molecular formula is C14H8Cl2F3N5. The molecule has 2 heterocycles. The summed E-state index contributed by atoms with van der Waals surface area (Å²) in [7, 11) is 0. The van der Waals surface area contributed by atoms with Crippen molar-refractivity contribution in [1.82, 2.24) is 14.6 Å². The molecule has 2 aromatic rings. The molecule has 2 N–H and O–H groups in total. The summed E-state index contributed by atoms with van der Waals surface area (Å²) in [6, 6.07) is 1.83. The van der Waals surface area contributed by atoms with Gasteiger partial charge >= 0.3 is 6.18 Å². The number of alkyl halides is 3. The number of halogens is 5. The van der Waals surface area contributed by atoms with Gasteiger partial charge in [0, 0.05) is 0 Å². The number of hydrogen-bond donors (Lipinski definition) is 1. The fourth-order valence-corrected chi connectivity index (χ4v) is 2.57. The predicted molar refractivity (Wildman–Crippen MR) is 84.2 cm³/mol. The summed E-state index contributed by atoms with van der Waals surface area (Å²) in [5.41, 5.74) is 3.35. The van der Waals surface area contributed by atoms with Crippen molar-refractivity contribution in [3.8, 4) is 6.07 Å². The molecule has 0 unspecified atom stereocenters. The number of fused-ring (bicyclic) bond motifs is 1. The average molecular weight is 374 g/mol. The highest BCUT2D eigenvalue weighted by molar-refractivity contribution is 6.36. The molecule has 0 saturated carbocycles. The standard InChI is InChI=1S/C14H8Cl2F3N5/c1-7(9(3-2-4-20)14(17,18)19)10-11(15)23-13-8(5-21)6-22-24(13)12(10)16/h2-4,6H,1,20H2/b4-2-,9-3+. The van der Waals surface area contributed by atoms with Gasteiger partial charge < -0.3 is 5.73 Å². The zero-order valence-electron chi connectivity index (χ0n) is 11.8. The van der Waals surface area contributed by atoms with Crippen LogP contribution in [-0.4, -0.2) is 20.8 Å². The van der Waals surface area contributed by atoms with Crippen LogP contribution < -0.4 is 5.73 Å². The van der Waals surface area contributed by atoms with Gasteiger partial charge in [0.05, 0.1) is 17.3 Å². The first-order valence-corrected chi connectivity index (χ1v) is 6.96.